The molecule has 3 atom stereocenters. The van der Waals surface area contributed by atoms with Crippen molar-refractivity contribution in [3.05, 3.63) is 99.7 Å². The SMILES string of the molecule is C=C1C=CC(S(=O)(=O)CC[C@@H]2OCC[C@@]3(Cc4ccc(Cl)cc4)c4c(F)ccc(F)c4OC[C@@H]23)=CN1. The number of ether oxygens (including phenoxy) is 2. The fourth-order valence-electron chi connectivity index (χ4n) is 5.52. The number of fused-ring (bicyclic) bond motifs is 3. The van der Waals surface area contributed by atoms with E-state index in [0.717, 1.165) is 17.7 Å². The number of benzene rings is 2. The summed E-state index contributed by atoms with van der Waals surface area (Å²) in [6.07, 6.45) is 5.06. The first kappa shape index (κ1) is 25.0. The van der Waals surface area contributed by atoms with Gasteiger partial charge in [0.25, 0.3) is 0 Å². The molecule has 2 aromatic carbocycles. The molecule has 3 heterocycles. The summed E-state index contributed by atoms with van der Waals surface area (Å²) in [5.41, 5.74) is 0.885. The lowest BCUT2D eigenvalue weighted by molar-refractivity contribution is -0.0963. The summed E-state index contributed by atoms with van der Waals surface area (Å²) in [4.78, 5) is 0.163. The van der Waals surface area contributed by atoms with E-state index in [-0.39, 0.29) is 47.5 Å². The Bertz CT molecular complexity index is 1360. The van der Waals surface area contributed by atoms with E-state index in [4.69, 9.17) is 21.1 Å². The number of dihydropyridines is 1. The Balaban J connectivity index is 1.49. The van der Waals surface area contributed by atoms with Gasteiger partial charge in [0, 0.05) is 40.4 Å². The van der Waals surface area contributed by atoms with Gasteiger partial charge in [-0.1, -0.05) is 30.3 Å². The van der Waals surface area contributed by atoms with E-state index in [0.29, 0.717) is 23.6 Å². The lowest BCUT2D eigenvalue weighted by Crippen LogP contribution is -2.55. The Hall–Kier alpha value is -2.68. The molecule has 0 spiro atoms. The van der Waals surface area contributed by atoms with Gasteiger partial charge in [-0.2, -0.15) is 0 Å². The summed E-state index contributed by atoms with van der Waals surface area (Å²) in [6, 6.07) is 9.48. The first-order valence-electron chi connectivity index (χ1n) is 11.7. The highest BCUT2D eigenvalue weighted by atomic mass is 35.5. The molecule has 0 unspecified atom stereocenters. The van der Waals surface area contributed by atoms with Crippen molar-refractivity contribution in [3.63, 3.8) is 0 Å². The van der Waals surface area contributed by atoms with Crippen LogP contribution in [0.3, 0.4) is 0 Å². The molecule has 0 aromatic heterocycles. The standard InChI is InChI=1S/C27H26ClF2NO4S/c1-17-2-7-20(15-31-17)36(32,33)13-10-24-21-16-35-26-23(30)9-8-22(29)25(26)27(21,11-12-34-24)14-18-3-5-19(28)6-4-18/h2-9,15,21,24,31H,1,10-14,16H2/t21-,24-,27-/m0/s1. The van der Waals surface area contributed by atoms with Crippen molar-refractivity contribution in [2.75, 3.05) is 19.0 Å². The third kappa shape index (κ3) is 4.58. The van der Waals surface area contributed by atoms with Crippen molar-refractivity contribution in [3.8, 4) is 5.75 Å². The summed E-state index contributed by atoms with van der Waals surface area (Å²) in [5, 5.41) is 3.40. The molecule has 36 heavy (non-hydrogen) atoms. The number of hydrogen-bond acceptors (Lipinski definition) is 5. The molecule has 0 bridgehead atoms. The van der Waals surface area contributed by atoms with Gasteiger partial charge in [0.1, 0.15) is 5.82 Å². The highest BCUT2D eigenvalue weighted by Gasteiger charge is 2.53. The topological polar surface area (TPSA) is 64.6 Å². The second-order valence-corrected chi connectivity index (χ2v) is 12.0. The molecule has 3 aliphatic rings. The second-order valence-electron chi connectivity index (χ2n) is 9.43. The Morgan fingerprint density at radius 1 is 1.11 bits per heavy atom. The Morgan fingerprint density at radius 2 is 1.86 bits per heavy atom. The summed E-state index contributed by atoms with van der Waals surface area (Å²) < 4.78 is 68.0. The fourth-order valence-corrected chi connectivity index (χ4v) is 6.94. The van der Waals surface area contributed by atoms with Gasteiger partial charge in [0.15, 0.2) is 21.4 Å². The largest absolute Gasteiger partial charge is 0.490 e. The fraction of sp³-hybridized carbons (Fsp3) is 0.333. The molecular formula is C27H26ClF2NO4S. The maximum absolute atomic E-state index is 15.4. The molecule has 190 valence electrons. The molecule has 5 nitrogen and oxygen atoms in total. The molecular weight excluding hydrogens is 508 g/mol. The molecule has 3 aliphatic heterocycles. The maximum Gasteiger partial charge on any atom is 0.179 e. The number of nitrogens with one attached hydrogen (secondary N) is 1. The minimum Gasteiger partial charge on any atom is -0.490 e. The van der Waals surface area contributed by atoms with Crippen molar-refractivity contribution in [1.82, 2.24) is 5.32 Å². The molecule has 1 saturated heterocycles. The van der Waals surface area contributed by atoms with Crippen LogP contribution in [-0.2, 0) is 26.4 Å². The molecule has 0 saturated carbocycles. The van der Waals surface area contributed by atoms with Crippen LogP contribution in [0.1, 0.15) is 24.0 Å². The lowest BCUT2D eigenvalue weighted by Gasteiger charge is -2.51. The Labute approximate surface area is 214 Å². The Kier molecular flexibility index (Phi) is 6.70. The van der Waals surface area contributed by atoms with Crippen LogP contribution >= 0.6 is 11.6 Å². The van der Waals surface area contributed by atoms with E-state index < -0.39 is 33.0 Å². The molecule has 9 heteroatoms. The van der Waals surface area contributed by atoms with Crippen molar-refractivity contribution < 1.29 is 26.7 Å². The zero-order chi connectivity index (χ0) is 25.5. The normalized spacial score (nSPS) is 25.3. The van der Waals surface area contributed by atoms with Crippen molar-refractivity contribution in [2.24, 2.45) is 5.92 Å². The minimum atomic E-state index is -3.60. The maximum atomic E-state index is 15.4. The van der Waals surface area contributed by atoms with E-state index in [2.05, 4.69) is 11.9 Å². The summed E-state index contributed by atoms with van der Waals surface area (Å²) in [5.74, 6) is -1.77. The highest BCUT2D eigenvalue weighted by Crippen LogP contribution is 2.52. The lowest BCUT2D eigenvalue weighted by atomic mass is 9.60. The third-order valence-corrected chi connectivity index (χ3v) is 9.31. The average molecular weight is 534 g/mol. The second kappa shape index (κ2) is 9.65. The number of allylic oxidation sites excluding steroid dienone is 2. The van der Waals surface area contributed by atoms with Crippen molar-refractivity contribution >= 4 is 21.4 Å². The van der Waals surface area contributed by atoms with Gasteiger partial charge in [0.2, 0.25) is 0 Å². The van der Waals surface area contributed by atoms with Crippen LogP contribution in [0.2, 0.25) is 5.02 Å². The molecule has 0 aliphatic carbocycles. The smallest absolute Gasteiger partial charge is 0.179 e. The van der Waals surface area contributed by atoms with E-state index in [1.165, 1.54) is 12.3 Å². The quantitative estimate of drug-likeness (QED) is 0.552. The van der Waals surface area contributed by atoms with E-state index in [9.17, 15) is 12.8 Å². The molecule has 2 aromatic rings. The molecule has 0 radical (unpaired) electrons. The summed E-state index contributed by atoms with van der Waals surface area (Å²) >= 11 is 6.07. The zero-order valence-electron chi connectivity index (χ0n) is 19.5. The number of hydrogen-bond donors (Lipinski definition) is 1. The molecule has 0 amide bonds. The van der Waals surface area contributed by atoms with Crippen molar-refractivity contribution in [2.45, 2.75) is 30.8 Å². The predicted octanol–water partition coefficient (Wildman–Crippen LogP) is 5.22. The van der Waals surface area contributed by atoms with Gasteiger partial charge in [0.05, 0.1) is 23.4 Å². The third-order valence-electron chi connectivity index (χ3n) is 7.31. The predicted molar refractivity (Wildman–Crippen MR) is 134 cm³/mol. The molecule has 1 fully saturated rings. The molecule has 1 N–H and O–H groups in total. The highest BCUT2D eigenvalue weighted by molar-refractivity contribution is 7.95. The van der Waals surface area contributed by atoms with Gasteiger partial charge in [-0.3, -0.25) is 0 Å². The number of rotatable bonds is 6. The summed E-state index contributed by atoms with van der Waals surface area (Å²) in [7, 11) is -3.60. The van der Waals surface area contributed by atoms with E-state index in [1.807, 2.05) is 12.1 Å². The average Bonchev–Trinajstić information content (AvgIpc) is 2.86. The van der Waals surface area contributed by atoms with Crippen LogP contribution in [-0.4, -0.2) is 33.5 Å². The van der Waals surface area contributed by atoms with Gasteiger partial charge < -0.3 is 14.8 Å². The van der Waals surface area contributed by atoms with Crippen LogP contribution in [0.25, 0.3) is 0 Å². The zero-order valence-corrected chi connectivity index (χ0v) is 21.0. The number of halogens is 3. The van der Waals surface area contributed by atoms with Crippen LogP contribution in [0, 0.1) is 17.6 Å². The first-order chi connectivity index (χ1) is 17.2. The number of sulfone groups is 1. The monoisotopic (exact) mass is 533 g/mol. The first-order valence-corrected chi connectivity index (χ1v) is 13.8. The van der Waals surface area contributed by atoms with Gasteiger partial charge >= 0.3 is 0 Å². The van der Waals surface area contributed by atoms with Crippen molar-refractivity contribution in [1.29, 1.82) is 0 Å². The minimum absolute atomic E-state index is 0.0720. The van der Waals surface area contributed by atoms with Crippen LogP contribution in [0.4, 0.5) is 8.78 Å². The van der Waals surface area contributed by atoms with Crippen LogP contribution in [0.15, 0.2) is 71.9 Å². The summed E-state index contributed by atoms with van der Waals surface area (Å²) in [6.45, 7) is 4.12. The van der Waals surface area contributed by atoms with Gasteiger partial charge in [-0.05, 0) is 61.2 Å². The molecule has 5 rings (SSSR count). The van der Waals surface area contributed by atoms with Gasteiger partial charge in [-0.25, -0.2) is 17.2 Å². The Morgan fingerprint density at radius 3 is 2.58 bits per heavy atom. The van der Waals surface area contributed by atoms with Crippen LogP contribution < -0.4 is 10.1 Å². The van der Waals surface area contributed by atoms with E-state index in [1.54, 1.807) is 18.2 Å². The van der Waals surface area contributed by atoms with E-state index >= 15 is 4.39 Å². The van der Waals surface area contributed by atoms with Gasteiger partial charge in [-0.15, -0.1) is 0 Å². The van der Waals surface area contributed by atoms with Crippen LogP contribution in [0.5, 0.6) is 5.75 Å².